The summed E-state index contributed by atoms with van der Waals surface area (Å²) in [5, 5.41) is 18.2. The van der Waals surface area contributed by atoms with Crippen LogP contribution in [0.4, 0.5) is 0 Å². The van der Waals surface area contributed by atoms with Gasteiger partial charge in [-0.05, 0) is 36.4 Å². The van der Waals surface area contributed by atoms with Gasteiger partial charge in [0.1, 0.15) is 26.4 Å². The second-order valence-electron chi connectivity index (χ2n) is 12.7. The summed E-state index contributed by atoms with van der Waals surface area (Å²) in [6.07, 6.45) is 5.84. The maximum atomic E-state index is 11.1. The molecule has 0 atom stereocenters. The Morgan fingerprint density at radius 1 is 0.424 bits per heavy atom. The standard InChI is InChI=1S/2C17H24O8.2C4H9.Sn/c2*18-17(19)14-1-2-15-16(13-14)25-12-10-23-8-6-21-4-3-20-5-7-22-9-11-24-15;2*1-3-4-2;/h2*1-2,13H,3-12H2,(H,18,19);2*1,3-4H2,2H3;. The molecule has 2 aliphatic rings. The molecule has 0 amide bonds. The number of unbranched alkanes of at least 4 members (excludes halogenated alkanes) is 2. The van der Waals surface area contributed by atoms with Crippen LogP contribution in [0.2, 0.25) is 8.87 Å². The Labute approximate surface area is 359 Å². The van der Waals surface area contributed by atoms with Crippen LogP contribution in [0.3, 0.4) is 0 Å². The van der Waals surface area contributed by atoms with Crippen LogP contribution < -0.4 is 18.9 Å². The molecule has 59 heavy (non-hydrogen) atoms. The van der Waals surface area contributed by atoms with Crippen LogP contribution in [0.15, 0.2) is 36.4 Å². The minimum absolute atomic E-state index is 0.132. The average molecular weight is 946 g/mol. The van der Waals surface area contributed by atoms with E-state index < -0.39 is 11.9 Å². The number of hydrogen-bond donors (Lipinski definition) is 2. The molecule has 2 N–H and O–H groups in total. The maximum absolute atomic E-state index is 11.1. The zero-order valence-corrected chi connectivity index (χ0v) is 37.8. The number of carbonyl (C=O) groups is 2. The number of carboxylic acids is 2. The van der Waals surface area contributed by atoms with Crippen LogP contribution in [0.1, 0.15) is 60.2 Å². The van der Waals surface area contributed by atoms with Crippen LogP contribution >= 0.6 is 0 Å². The summed E-state index contributed by atoms with van der Waals surface area (Å²) >= 11 is 0.149. The van der Waals surface area contributed by atoms with Gasteiger partial charge < -0.3 is 67.1 Å². The first-order chi connectivity index (χ1) is 29.0. The molecule has 2 aromatic rings. The van der Waals surface area contributed by atoms with Crippen molar-refractivity contribution in [1.29, 1.82) is 0 Å². The van der Waals surface area contributed by atoms with Gasteiger partial charge in [0.2, 0.25) is 0 Å². The monoisotopic (exact) mass is 946 g/mol. The topological polar surface area (TPSA) is 185 Å². The third kappa shape index (κ3) is 27.5. The van der Waals surface area contributed by atoms with Gasteiger partial charge in [0.15, 0.2) is 23.0 Å². The van der Waals surface area contributed by atoms with Crippen molar-refractivity contribution in [1.82, 2.24) is 0 Å². The van der Waals surface area contributed by atoms with E-state index in [0.717, 1.165) is 0 Å². The molecule has 0 unspecified atom stereocenters. The second kappa shape index (κ2) is 36.9. The van der Waals surface area contributed by atoms with Gasteiger partial charge in [-0.3, -0.25) is 0 Å². The molecule has 2 heterocycles. The fourth-order valence-corrected chi connectivity index (χ4v) is 9.00. The molecule has 0 saturated carbocycles. The molecule has 0 aliphatic carbocycles. The molecular formula is C42H66O16Sn. The van der Waals surface area contributed by atoms with Gasteiger partial charge in [0.25, 0.3) is 0 Å². The molecule has 0 bridgehead atoms. The predicted molar refractivity (Wildman–Crippen MR) is 221 cm³/mol. The fraction of sp³-hybridized carbons (Fsp3) is 0.667. The molecule has 0 spiro atoms. The van der Waals surface area contributed by atoms with E-state index in [1.54, 1.807) is 21.0 Å². The van der Waals surface area contributed by atoms with E-state index in [1.807, 2.05) is 0 Å². The molecule has 0 aromatic heterocycles. The third-order valence-corrected chi connectivity index (χ3v) is 12.0. The van der Waals surface area contributed by atoms with Crippen LogP contribution in [-0.4, -0.2) is 175 Å². The molecule has 17 heteroatoms. The van der Waals surface area contributed by atoms with Crippen LogP contribution in [0.25, 0.3) is 0 Å². The molecule has 2 radical (unpaired) electrons. The summed E-state index contributed by atoms with van der Waals surface area (Å²) in [6, 6.07) is 8.98. The first kappa shape index (κ1) is 52.2. The molecule has 0 saturated heterocycles. The van der Waals surface area contributed by atoms with Crippen molar-refractivity contribution in [3.8, 4) is 23.0 Å². The van der Waals surface area contributed by atoms with Crippen molar-refractivity contribution in [2.45, 2.75) is 48.4 Å². The first-order valence-electron chi connectivity index (χ1n) is 20.5. The number of carboxylic acid groups (broad SMARTS) is 2. The summed E-state index contributed by atoms with van der Waals surface area (Å²) < 4.78 is 68.8. The summed E-state index contributed by atoms with van der Waals surface area (Å²) in [7, 11) is 0. The van der Waals surface area contributed by atoms with E-state index in [4.69, 9.17) is 67.1 Å². The first-order valence-corrected chi connectivity index (χ1v) is 24.6. The largest absolute Gasteiger partial charge is 0.487 e. The van der Waals surface area contributed by atoms with Crippen LogP contribution in [0, 0.1) is 0 Å². The molecule has 4 rings (SSSR count). The Kier molecular flexibility index (Phi) is 32.6. The van der Waals surface area contributed by atoms with Crippen molar-refractivity contribution < 1.29 is 76.6 Å². The van der Waals surface area contributed by atoms with Gasteiger partial charge in [0.05, 0.1) is 117 Å². The van der Waals surface area contributed by atoms with Crippen molar-refractivity contribution in [3.63, 3.8) is 0 Å². The van der Waals surface area contributed by atoms with Gasteiger partial charge in [-0.2, -0.15) is 0 Å². The van der Waals surface area contributed by atoms with Crippen molar-refractivity contribution in [3.05, 3.63) is 47.5 Å². The van der Waals surface area contributed by atoms with Crippen molar-refractivity contribution >= 4 is 33.1 Å². The number of hydrogen-bond acceptors (Lipinski definition) is 14. The second-order valence-corrected chi connectivity index (χ2v) is 17.0. The zero-order chi connectivity index (χ0) is 42.4. The summed E-state index contributed by atoms with van der Waals surface area (Å²) in [5.74, 6) is -0.387. The van der Waals surface area contributed by atoms with Gasteiger partial charge in [-0.15, -0.1) is 0 Å². The third-order valence-electron chi connectivity index (χ3n) is 7.97. The van der Waals surface area contributed by atoms with Gasteiger partial charge in [-0.1, -0.05) is 0 Å². The van der Waals surface area contributed by atoms with E-state index in [1.165, 1.54) is 49.9 Å². The predicted octanol–water partition coefficient (Wildman–Crippen LogP) is 5.57. The fourth-order valence-electron chi connectivity index (χ4n) is 4.84. The molecule has 16 nitrogen and oxygen atoms in total. The SMILES string of the molecule is CCC[CH2][Sn][CH2]CCC.O=C(O)c1ccc2c(c1)OCCOCCOCCOCCOCCO2.O=C(O)c1ccc2c(c1)OCCOCCOCCOCCOCCO2. The maximum Gasteiger partial charge on any atom is 0.335 e. The minimum Gasteiger partial charge on any atom is -0.487 e. The van der Waals surface area contributed by atoms with Gasteiger partial charge >= 0.3 is 81.5 Å². The van der Waals surface area contributed by atoms with Crippen LogP contribution in [0.5, 0.6) is 23.0 Å². The molecule has 0 fully saturated rings. The Balaban J connectivity index is 0.000000338. The normalized spacial score (nSPS) is 17.4. The molecule has 2 aliphatic heterocycles. The van der Waals surface area contributed by atoms with Crippen molar-refractivity contribution in [2.24, 2.45) is 0 Å². The molecule has 334 valence electrons. The van der Waals surface area contributed by atoms with E-state index in [-0.39, 0.29) is 45.5 Å². The number of rotatable bonds is 8. The van der Waals surface area contributed by atoms with Crippen LogP contribution in [-0.2, 0) is 37.9 Å². The average Bonchev–Trinajstić information content (AvgIpc) is 3.23. The molecule has 2 aromatic carbocycles. The van der Waals surface area contributed by atoms with E-state index in [2.05, 4.69) is 13.8 Å². The summed E-state index contributed by atoms with van der Waals surface area (Å²) in [4.78, 5) is 22.2. The Bertz CT molecular complexity index is 1250. The number of aromatic carboxylic acids is 2. The number of ether oxygens (including phenoxy) is 12. The Hall–Kier alpha value is -2.94. The van der Waals surface area contributed by atoms with E-state index in [0.29, 0.717) is 142 Å². The number of fused-ring (bicyclic) bond motifs is 2. The van der Waals surface area contributed by atoms with Gasteiger partial charge in [-0.25, -0.2) is 9.59 Å². The summed E-state index contributed by atoms with van der Waals surface area (Å²) in [5.41, 5.74) is 0.263. The van der Waals surface area contributed by atoms with Crippen molar-refractivity contribution in [2.75, 3.05) is 132 Å². The quantitative estimate of drug-likeness (QED) is 0.247. The Morgan fingerprint density at radius 2 is 0.678 bits per heavy atom. The van der Waals surface area contributed by atoms with Gasteiger partial charge in [0, 0.05) is 0 Å². The Morgan fingerprint density at radius 3 is 0.932 bits per heavy atom. The number of benzene rings is 2. The van der Waals surface area contributed by atoms with E-state index >= 15 is 0 Å². The minimum atomic E-state index is -1.03. The molecular weight excluding hydrogens is 879 g/mol. The van der Waals surface area contributed by atoms with E-state index in [9.17, 15) is 9.59 Å². The smallest absolute Gasteiger partial charge is 0.335 e. The summed E-state index contributed by atoms with van der Waals surface area (Å²) in [6.45, 7) is 13.1. The zero-order valence-electron chi connectivity index (χ0n) is 35.0.